The molecule has 0 aromatic heterocycles. The van der Waals surface area contributed by atoms with Gasteiger partial charge in [-0.1, -0.05) is 231 Å². The Labute approximate surface area is 509 Å². The Morgan fingerprint density at radius 3 is 1.55 bits per heavy atom. The Bertz CT molecular complexity index is 2470. The third-order valence-corrected chi connectivity index (χ3v) is 33.0. The average molecular weight is 1190 g/mol. The van der Waals surface area contributed by atoms with Crippen LogP contribution in [0.15, 0.2) is 140 Å². The third-order valence-electron chi connectivity index (χ3n) is 19.5. The fourth-order valence-corrected chi connectivity index (χ4v) is 15.1. The zero-order chi connectivity index (χ0) is 61.8. The van der Waals surface area contributed by atoms with E-state index in [0.717, 1.165) is 47.3 Å². The highest BCUT2D eigenvalue weighted by molar-refractivity contribution is 6.75. The van der Waals surface area contributed by atoms with Gasteiger partial charge in [0, 0.05) is 23.8 Å². The second-order valence-electron chi connectivity index (χ2n) is 29.4. The smallest absolute Gasteiger partial charge is 0.192 e. The zero-order valence-electron chi connectivity index (χ0n) is 55.8. The molecule has 0 radical (unpaired) electrons. The molecule has 83 heavy (non-hydrogen) atoms. The molecule has 11 heteroatoms. The van der Waals surface area contributed by atoms with Crippen LogP contribution in [0.25, 0.3) is 0 Å². The summed E-state index contributed by atoms with van der Waals surface area (Å²) in [6.07, 6.45) is 11.3. The van der Waals surface area contributed by atoms with Crippen LogP contribution in [0.3, 0.4) is 0 Å². The summed E-state index contributed by atoms with van der Waals surface area (Å²) in [5, 5.41) is 11.9. The lowest BCUT2D eigenvalue weighted by molar-refractivity contribution is -0.256. The van der Waals surface area contributed by atoms with Crippen molar-refractivity contribution >= 4 is 25.0 Å². The van der Waals surface area contributed by atoms with Crippen molar-refractivity contribution in [2.75, 3.05) is 20.3 Å². The van der Waals surface area contributed by atoms with E-state index >= 15 is 0 Å². The van der Waals surface area contributed by atoms with Crippen LogP contribution in [0, 0.1) is 35.5 Å². The van der Waals surface area contributed by atoms with Crippen LogP contribution in [-0.2, 0) is 33.1 Å². The molecular weight excluding hydrogens is 1080 g/mol. The van der Waals surface area contributed by atoms with Crippen molar-refractivity contribution in [1.82, 2.24) is 0 Å². The Morgan fingerprint density at radius 1 is 0.590 bits per heavy atom. The topological polar surface area (TPSA) is 84.8 Å². The molecule has 0 aliphatic carbocycles. The first-order chi connectivity index (χ1) is 38.6. The first-order valence-corrected chi connectivity index (χ1v) is 40.1. The minimum Gasteiger partial charge on any atom is -0.497 e. The third kappa shape index (κ3) is 19.0. The summed E-state index contributed by atoms with van der Waals surface area (Å²) in [5.41, 5.74) is 3.40. The first kappa shape index (κ1) is 70.3. The molecule has 0 amide bonds. The van der Waals surface area contributed by atoms with Crippen LogP contribution >= 0.6 is 0 Å². The van der Waals surface area contributed by atoms with Crippen LogP contribution in [0.4, 0.5) is 0 Å². The Balaban J connectivity index is 1.40. The molecule has 0 spiro atoms. The van der Waals surface area contributed by atoms with Crippen molar-refractivity contribution in [3.8, 4) is 5.75 Å². The van der Waals surface area contributed by atoms with Crippen LogP contribution in [0.2, 0.25) is 54.4 Å². The molecule has 4 aromatic carbocycles. The summed E-state index contributed by atoms with van der Waals surface area (Å²) in [5.74, 6) is 1.73. The normalized spacial score (nSPS) is 20.6. The van der Waals surface area contributed by atoms with Gasteiger partial charge in [0.05, 0.1) is 50.8 Å². The van der Waals surface area contributed by atoms with Gasteiger partial charge in [0.1, 0.15) is 11.4 Å². The summed E-state index contributed by atoms with van der Waals surface area (Å²) in [4.78, 5) is 0. The van der Waals surface area contributed by atoms with Crippen molar-refractivity contribution in [1.29, 1.82) is 0 Å². The zero-order valence-corrected chi connectivity index (χ0v) is 58.8. The highest BCUT2D eigenvalue weighted by Gasteiger charge is 2.45. The van der Waals surface area contributed by atoms with E-state index in [-0.39, 0.29) is 69.1 Å². The number of methoxy groups -OCH3 is 1. The molecule has 8 nitrogen and oxygen atoms in total. The fraction of sp³-hybridized carbons (Fsp3) is 0.611. The van der Waals surface area contributed by atoms with Crippen molar-refractivity contribution < 1.29 is 37.3 Å². The first-order valence-electron chi connectivity index (χ1n) is 31.4. The van der Waals surface area contributed by atoms with Gasteiger partial charge in [0.15, 0.2) is 31.2 Å². The number of hydrogen-bond donors (Lipinski definition) is 1. The highest BCUT2D eigenvalue weighted by atomic mass is 28.4. The van der Waals surface area contributed by atoms with E-state index in [1.165, 1.54) is 0 Å². The molecule has 4 aromatic rings. The Kier molecular flexibility index (Phi) is 25.4. The number of hydrogen-bond acceptors (Lipinski definition) is 8. The lowest BCUT2D eigenvalue weighted by Gasteiger charge is -2.44. The quantitative estimate of drug-likeness (QED) is 0.0327. The predicted molar refractivity (Wildman–Crippen MR) is 356 cm³/mol. The largest absolute Gasteiger partial charge is 0.497 e. The molecule has 1 aliphatic heterocycles. The summed E-state index contributed by atoms with van der Waals surface area (Å²) in [6, 6.07) is 39.7. The van der Waals surface area contributed by atoms with Crippen LogP contribution in [-0.4, -0.2) is 80.9 Å². The standard InChI is InChI=1S/C72H114O8Si3/c1-52(40-47-64(73)57(6)67-56(5)51-75-68(77-67)58-42-45-62(74-16)46-43-58)49-55(4)66(80-83(21,22)71(13,14)15)54(3)41-44-63(78-81(17,18)69(7,8)9)50-65(79-82(19,20)70(10,11)12)53(2)33-32-48-76-72(59-34-26-23-27-35-59,60-36-28-24-29-37-60)61-38-30-25-31-39-61/h23-39,41-46,52-57,63-68,73H,40,47-51H2,1-22H3/b33-32+,44-41-/t52-,53+,54-,55-,56-,57-,63+,64-,65-,66-,67-,68-/m0/s1. The molecule has 0 unspecified atom stereocenters. The van der Waals surface area contributed by atoms with Gasteiger partial charge in [0.25, 0.3) is 0 Å². The minimum absolute atomic E-state index is 0.00532. The number of rotatable bonds is 29. The van der Waals surface area contributed by atoms with Gasteiger partial charge in [-0.15, -0.1) is 0 Å². The van der Waals surface area contributed by atoms with Gasteiger partial charge in [-0.2, -0.15) is 0 Å². The Morgan fingerprint density at radius 2 is 1.07 bits per heavy atom. The number of aliphatic hydroxyl groups is 1. The maximum absolute atomic E-state index is 11.8. The number of aliphatic hydroxyl groups excluding tert-OH is 1. The van der Waals surface area contributed by atoms with Gasteiger partial charge in [-0.05, 0) is 126 Å². The predicted octanol–water partition coefficient (Wildman–Crippen LogP) is 19.1. The highest BCUT2D eigenvalue weighted by Crippen LogP contribution is 2.45. The van der Waals surface area contributed by atoms with Gasteiger partial charge in [0.2, 0.25) is 0 Å². The van der Waals surface area contributed by atoms with Gasteiger partial charge < -0.3 is 37.3 Å². The van der Waals surface area contributed by atoms with Gasteiger partial charge >= 0.3 is 0 Å². The van der Waals surface area contributed by atoms with Crippen molar-refractivity contribution in [3.63, 3.8) is 0 Å². The second-order valence-corrected chi connectivity index (χ2v) is 43.6. The van der Waals surface area contributed by atoms with E-state index in [2.05, 4.69) is 258 Å². The van der Waals surface area contributed by atoms with Crippen molar-refractivity contribution in [2.24, 2.45) is 35.5 Å². The molecule has 1 N–H and O–H groups in total. The second kappa shape index (κ2) is 30.0. The molecule has 462 valence electrons. The van der Waals surface area contributed by atoms with E-state index < -0.39 is 42.9 Å². The maximum Gasteiger partial charge on any atom is 0.192 e. The van der Waals surface area contributed by atoms with Crippen LogP contribution in [0.1, 0.15) is 158 Å². The molecular formula is C72H114O8Si3. The molecule has 0 bridgehead atoms. The molecule has 1 saturated heterocycles. The minimum atomic E-state index is -2.28. The van der Waals surface area contributed by atoms with E-state index in [4.69, 9.17) is 32.2 Å². The summed E-state index contributed by atoms with van der Waals surface area (Å²) in [7, 11) is -5.09. The average Bonchev–Trinajstić information content (AvgIpc) is 3.48. The van der Waals surface area contributed by atoms with E-state index in [1.54, 1.807) is 7.11 Å². The lowest BCUT2D eigenvalue weighted by atomic mass is 9.80. The van der Waals surface area contributed by atoms with E-state index in [9.17, 15) is 5.11 Å². The van der Waals surface area contributed by atoms with Gasteiger partial charge in [-0.3, -0.25) is 0 Å². The molecule has 1 fully saturated rings. The Hall–Kier alpha value is -3.47. The molecule has 1 aliphatic rings. The van der Waals surface area contributed by atoms with E-state index in [1.807, 2.05) is 24.3 Å². The summed E-state index contributed by atoms with van der Waals surface area (Å²) < 4.78 is 48.0. The molecule has 1 heterocycles. The molecule has 5 rings (SSSR count). The monoisotopic (exact) mass is 1190 g/mol. The summed E-state index contributed by atoms with van der Waals surface area (Å²) >= 11 is 0. The molecule has 0 saturated carbocycles. The molecule has 12 atom stereocenters. The fourth-order valence-electron chi connectivity index (χ4n) is 10.9. The van der Waals surface area contributed by atoms with Gasteiger partial charge in [-0.25, -0.2) is 0 Å². The SMILES string of the molecule is COc1ccc([C@H]2OC[C@H](C)[C@@H]([C@@H](C)[C@@H](O)CC[C@H](C)C[C@H](C)[C@@H](O[Si](C)(C)C(C)(C)C)[C@@H](C)/C=C\[C@H](C[C@H](O[Si](C)(C)C(C)(C)C)[C@H](C)/C=C/COC(c3ccccc3)(c3ccccc3)c3ccccc3)O[Si](C)(C)C(C)(C)C)O2)cc1. The maximum atomic E-state index is 11.8. The van der Waals surface area contributed by atoms with Crippen molar-refractivity contribution in [2.45, 2.75) is 226 Å². The van der Waals surface area contributed by atoms with Crippen LogP contribution < -0.4 is 4.74 Å². The number of benzene rings is 4. The van der Waals surface area contributed by atoms with Crippen molar-refractivity contribution in [3.05, 3.63) is 162 Å². The summed E-state index contributed by atoms with van der Waals surface area (Å²) in [6.45, 7) is 50.0. The van der Waals surface area contributed by atoms with Crippen LogP contribution in [0.5, 0.6) is 5.75 Å². The lowest BCUT2D eigenvalue weighted by Crippen LogP contribution is -2.48. The van der Waals surface area contributed by atoms with E-state index in [0.29, 0.717) is 25.6 Å². The number of ether oxygens (including phenoxy) is 4.